The zero-order chi connectivity index (χ0) is 16.1. The summed E-state index contributed by atoms with van der Waals surface area (Å²) in [6, 6.07) is 8.06. The predicted molar refractivity (Wildman–Crippen MR) is 82.9 cm³/mol. The molecule has 0 fully saturated rings. The molecule has 0 amide bonds. The van der Waals surface area contributed by atoms with Crippen LogP contribution in [-0.4, -0.2) is 18.1 Å². The van der Waals surface area contributed by atoms with Crippen molar-refractivity contribution in [2.24, 2.45) is 0 Å². The lowest BCUT2D eigenvalue weighted by Crippen LogP contribution is -2.28. The highest BCUT2D eigenvalue weighted by atomic mass is 79.9. The average molecular weight is 367 g/mol. The SMILES string of the molecule is CC(C)c1ccc(C(C)(CBr)OCCCC(F)(F)F)cc1. The molecule has 1 aromatic rings. The summed E-state index contributed by atoms with van der Waals surface area (Å²) in [5.41, 5.74) is 1.59. The van der Waals surface area contributed by atoms with Gasteiger partial charge < -0.3 is 4.74 Å². The third kappa shape index (κ3) is 5.99. The molecule has 0 saturated carbocycles. The molecule has 0 aliphatic carbocycles. The Morgan fingerprint density at radius 2 is 1.71 bits per heavy atom. The molecule has 0 aliphatic heterocycles. The van der Waals surface area contributed by atoms with Crippen LogP contribution in [0.2, 0.25) is 0 Å². The van der Waals surface area contributed by atoms with Gasteiger partial charge in [-0.2, -0.15) is 13.2 Å². The normalized spacial score (nSPS) is 15.2. The fourth-order valence-electron chi connectivity index (χ4n) is 1.99. The van der Waals surface area contributed by atoms with Crippen LogP contribution >= 0.6 is 15.9 Å². The van der Waals surface area contributed by atoms with Crippen LogP contribution in [0.25, 0.3) is 0 Å². The summed E-state index contributed by atoms with van der Waals surface area (Å²) in [5.74, 6) is 0.446. The van der Waals surface area contributed by atoms with Crippen LogP contribution in [0.5, 0.6) is 0 Å². The minimum Gasteiger partial charge on any atom is -0.370 e. The molecule has 5 heteroatoms. The Morgan fingerprint density at radius 3 is 2.14 bits per heavy atom. The molecule has 0 heterocycles. The standard InChI is InChI=1S/C16H22BrF3O/c1-12(2)13-5-7-14(8-6-13)15(3,11-17)21-10-4-9-16(18,19)20/h5-8,12H,4,9-11H2,1-3H3. The number of hydrogen-bond donors (Lipinski definition) is 0. The molecular formula is C16H22BrF3O. The zero-order valence-corrected chi connectivity index (χ0v) is 14.2. The Hall–Kier alpha value is -0.550. The van der Waals surface area contributed by atoms with E-state index in [1.165, 1.54) is 5.56 Å². The zero-order valence-electron chi connectivity index (χ0n) is 12.6. The van der Waals surface area contributed by atoms with Crippen LogP contribution in [0.1, 0.15) is 50.7 Å². The van der Waals surface area contributed by atoms with Gasteiger partial charge >= 0.3 is 6.18 Å². The minimum atomic E-state index is -4.12. The van der Waals surface area contributed by atoms with Crippen molar-refractivity contribution in [2.45, 2.75) is 51.3 Å². The summed E-state index contributed by atoms with van der Waals surface area (Å²) in [6.07, 6.45) is -4.94. The molecule has 0 bridgehead atoms. The molecule has 1 atom stereocenters. The van der Waals surface area contributed by atoms with E-state index in [0.717, 1.165) is 5.56 Å². The summed E-state index contributed by atoms with van der Waals surface area (Å²) in [6.45, 7) is 6.21. The van der Waals surface area contributed by atoms with Crippen LogP contribution in [0, 0.1) is 0 Å². The Bertz CT molecular complexity index is 428. The van der Waals surface area contributed by atoms with E-state index in [2.05, 4.69) is 29.8 Å². The smallest absolute Gasteiger partial charge is 0.370 e. The maximum Gasteiger partial charge on any atom is 0.389 e. The molecule has 0 aromatic heterocycles. The van der Waals surface area contributed by atoms with E-state index in [1.54, 1.807) is 0 Å². The lowest BCUT2D eigenvalue weighted by Gasteiger charge is -2.29. The van der Waals surface area contributed by atoms with Gasteiger partial charge in [-0.25, -0.2) is 0 Å². The molecule has 1 aromatic carbocycles. The van der Waals surface area contributed by atoms with Crippen LogP contribution in [0.15, 0.2) is 24.3 Å². The first-order valence-corrected chi connectivity index (χ1v) is 8.17. The summed E-state index contributed by atoms with van der Waals surface area (Å²) in [4.78, 5) is 0. The van der Waals surface area contributed by atoms with E-state index < -0.39 is 18.2 Å². The number of alkyl halides is 4. The first-order valence-electron chi connectivity index (χ1n) is 7.05. The van der Waals surface area contributed by atoms with Gasteiger partial charge in [0, 0.05) is 18.4 Å². The minimum absolute atomic E-state index is 0.0177. The average Bonchev–Trinajstić information content (AvgIpc) is 2.42. The van der Waals surface area contributed by atoms with Crippen LogP contribution in [0.4, 0.5) is 13.2 Å². The van der Waals surface area contributed by atoms with Gasteiger partial charge in [0.2, 0.25) is 0 Å². The van der Waals surface area contributed by atoms with E-state index in [0.29, 0.717) is 11.2 Å². The number of rotatable bonds is 7. The van der Waals surface area contributed by atoms with Crippen molar-refractivity contribution >= 4 is 15.9 Å². The van der Waals surface area contributed by atoms with Gasteiger partial charge in [-0.05, 0) is 30.4 Å². The summed E-state index contributed by atoms with van der Waals surface area (Å²) in [5, 5.41) is 0.535. The summed E-state index contributed by atoms with van der Waals surface area (Å²) in [7, 11) is 0. The Balaban J connectivity index is 2.66. The van der Waals surface area contributed by atoms with Crippen molar-refractivity contribution in [3.05, 3.63) is 35.4 Å². The third-order valence-corrected chi connectivity index (χ3v) is 4.54. The molecule has 1 rings (SSSR count). The molecule has 1 unspecified atom stereocenters. The van der Waals surface area contributed by atoms with Gasteiger partial charge in [0.25, 0.3) is 0 Å². The van der Waals surface area contributed by atoms with Gasteiger partial charge in [0.15, 0.2) is 0 Å². The van der Waals surface area contributed by atoms with Crippen molar-refractivity contribution in [1.82, 2.24) is 0 Å². The van der Waals surface area contributed by atoms with Gasteiger partial charge in [-0.15, -0.1) is 0 Å². The molecule has 0 saturated heterocycles. The molecular weight excluding hydrogens is 345 g/mol. The first-order chi connectivity index (χ1) is 9.68. The largest absolute Gasteiger partial charge is 0.389 e. The Kier molecular flexibility index (Phi) is 6.72. The Labute approximate surface area is 133 Å². The molecule has 0 spiro atoms. The molecule has 0 radical (unpaired) electrons. The van der Waals surface area contributed by atoms with E-state index in [1.807, 2.05) is 31.2 Å². The summed E-state index contributed by atoms with van der Waals surface area (Å²) < 4.78 is 42.1. The van der Waals surface area contributed by atoms with Crippen molar-refractivity contribution in [2.75, 3.05) is 11.9 Å². The maximum absolute atomic E-state index is 12.1. The molecule has 0 N–H and O–H groups in total. The van der Waals surface area contributed by atoms with Crippen LogP contribution < -0.4 is 0 Å². The summed E-state index contributed by atoms with van der Waals surface area (Å²) >= 11 is 3.40. The molecule has 21 heavy (non-hydrogen) atoms. The lowest BCUT2D eigenvalue weighted by atomic mass is 9.94. The highest BCUT2D eigenvalue weighted by Crippen LogP contribution is 2.30. The maximum atomic E-state index is 12.1. The van der Waals surface area contributed by atoms with Crippen molar-refractivity contribution < 1.29 is 17.9 Å². The Morgan fingerprint density at radius 1 is 1.14 bits per heavy atom. The molecule has 0 aliphatic rings. The fraction of sp³-hybridized carbons (Fsp3) is 0.625. The van der Waals surface area contributed by atoms with Crippen molar-refractivity contribution in [3.8, 4) is 0 Å². The number of benzene rings is 1. The number of ether oxygens (including phenoxy) is 1. The van der Waals surface area contributed by atoms with E-state index in [4.69, 9.17) is 4.74 Å². The van der Waals surface area contributed by atoms with Crippen molar-refractivity contribution in [1.29, 1.82) is 0 Å². The number of hydrogen-bond acceptors (Lipinski definition) is 1. The fourth-order valence-corrected chi connectivity index (χ4v) is 2.48. The quantitative estimate of drug-likeness (QED) is 0.439. The second-order valence-electron chi connectivity index (χ2n) is 5.71. The van der Waals surface area contributed by atoms with Gasteiger partial charge in [-0.3, -0.25) is 0 Å². The second-order valence-corrected chi connectivity index (χ2v) is 6.27. The predicted octanol–water partition coefficient (Wildman–Crippen LogP) is 5.78. The molecule has 1 nitrogen and oxygen atoms in total. The van der Waals surface area contributed by atoms with E-state index >= 15 is 0 Å². The van der Waals surface area contributed by atoms with Gasteiger partial charge in [0.1, 0.15) is 0 Å². The highest BCUT2D eigenvalue weighted by Gasteiger charge is 2.29. The first kappa shape index (κ1) is 18.5. The van der Waals surface area contributed by atoms with E-state index in [9.17, 15) is 13.2 Å². The van der Waals surface area contributed by atoms with Crippen LogP contribution in [-0.2, 0) is 10.3 Å². The van der Waals surface area contributed by atoms with Gasteiger partial charge in [-0.1, -0.05) is 54.0 Å². The van der Waals surface area contributed by atoms with Gasteiger partial charge in [0.05, 0.1) is 5.60 Å². The topological polar surface area (TPSA) is 9.23 Å². The highest BCUT2D eigenvalue weighted by molar-refractivity contribution is 9.09. The monoisotopic (exact) mass is 366 g/mol. The third-order valence-electron chi connectivity index (χ3n) is 3.47. The van der Waals surface area contributed by atoms with Crippen LogP contribution in [0.3, 0.4) is 0 Å². The lowest BCUT2D eigenvalue weighted by molar-refractivity contribution is -0.141. The van der Waals surface area contributed by atoms with E-state index in [-0.39, 0.29) is 13.0 Å². The van der Waals surface area contributed by atoms with Crippen molar-refractivity contribution in [3.63, 3.8) is 0 Å². The number of halogens is 4. The molecule has 120 valence electrons. The second kappa shape index (κ2) is 7.63.